The minimum absolute atomic E-state index is 0.113. The van der Waals surface area contributed by atoms with Crippen LogP contribution in [0.3, 0.4) is 0 Å². The van der Waals surface area contributed by atoms with Gasteiger partial charge in [0.1, 0.15) is 6.04 Å². The molecule has 0 spiro atoms. The predicted octanol–water partition coefficient (Wildman–Crippen LogP) is 2.55. The van der Waals surface area contributed by atoms with Crippen molar-refractivity contribution >= 4 is 23.5 Å². The maximum absolute atomic E-state index is 12.6. The van der Waals surface area contributed by atoms with Crippen LogP contribution in [0.2, 0.25) is 0 Å². The topological polar surface area (TPSA) is 86.7 Å². The van der Waals surface area contributed by atoms with Crippen molar-refractivity contribution in [2.75, 3.05) is 11.4 Å². The van der Waals surface area contributed by atoms with Crippen molar-refractivity contribution < 1.29 is 19.5 Å². The molecule has 1 fully saturated rings. The Morgan fingerprint density at radius 1 is 1.15 bits per heavy atom. The summed E-state index contributed by atoms with van der Waals surface area (Å²) in [5, 5.41) is 12.0. The Morgan fingerprint density at radius 2 is 1.85 bits per heavy atom. The summed E-state index contributed by atoms with van der Waals surface area (Å²) in [5.74, 6) is -1.37. The van der Waals surface area contributed by atoms with E-state index in [1.54, 1.807) is 23.1 Å². The molecule has 140 valence electrons. The molecule has 1 atom stereocenters. The molecule has 0 aliphatic carbocycles. The van der Waals surface area contributed by atoms with Crippen LogP contribution in [-0.4, -0.2) is 35.5 Å². The van der Waals surface area contributed by atoms with Gasteiger partial charge in [-0.25, -0.2) is 4.79 Å². The van der Waals surface area contributed by atoms with Gasteiger partial charge >= 0.3 is 5.97 Å². The van der Waals surface area contributed by atoms with E-state index in [0.717, 1.165) is 11.3 Å². The van der Waals surface area contributed by atoms with Gasteiger partial charge in [0.15, 0.2) is 0 Å². The zero-order valence-corrected chi connectivity index (χ0v) is 15.1. The number of carbonyl (C=O) groups excluding carboxylic acids is 2. The van der Waals surface area contributed by atoms with E-state index in [1.807, 2.05) is 31.2 Å². The molecule has 0 bridgehead atoms. The van der Waals surface area contributed by atoms with Crippen molar-refractivity contribution in [2.24, 2.45) is 0 Å². The Labute approximate surface area is 157 Å². The first-order valence-electron chi connectivity index (χ1n) is 8.94. The van der Waals surface area contributed by atoms with E-state index in [0.29, 0.717) is 24.9 Å². The number of carboxylic acid groups (broad SMARTS) is 1. The van der Waals surface area contributed by atoms with Crippen molar-refractivity contribution in [2.45, 2.75) is 32.2 Å². The van der Waals surface area contributed by atoms with Crippen LogP contribution in [0.15, 0.2) is 48.5 Å². The van der Waals surface area contributed by atoms with Gasteiger partial charge in [-0.05, 0) is 43.5 Å². The molecule has 2 amide bonds. The summed E-state index contributed by atoms with van der Waals surface area (Å²) in [7, 11) is 0. The number of amides is 2. The predicted molar refractivity (Wildman–Crippen MR) is 102 cm³/mol. The lowest BCUT2D eigenvalue weighted by Gasteiger charge is -2.17. The van der Waals surface area contributed by atoms with Crippen LogP contribution in [0.4, 0.5) is 5.69 Å². The highest BCUT2D eigenvalue weighted by molar-refractivity contribution is 6.01. The van der Waals surface area contributed by atoms with Crippen LogP contribution in [0.5, 0.6) is 0 Å². The first-order chi connectivity index (χ1) is 13.0. The van der Waals surface area contributed by atoms with Gasteiger partial charge in [-0.15, -0.1) is 0 Å². The molecule has 1 saturated heterocycles. The first-order valence-corrected chi connectivity index (χ1v) is 8.94. The second-order valence-electron chi connectivity index (χ2n) is 6.70. The van der Waals surface area contributed by atoms with E-state index in [9.17, 15) is 19.5 Å². The Bertz CT molecular complexity index is 861. The van der Waals surface area contributed by atoms with Crippen LogP contribution in [0, 0.1) is 6.92 Å². The number of anilines is 1. The van der Waals surface area contributed by atoms with Crippen LogP contribution < -0.4 is 10.2 Å². The average molecular weight is 366 g/mol. The molecule has 6 heteroatoms. The third-order valence-electron chi connectivity index (χ3n) is 4.76. The number of nitrogens with one attached hydrogen (secondary N) is 1. The molecule has 1 aliphatic rings. The number of nitrogens with zero attached hydrogens (tertiary/aromatic N) is 1. The average Bonchev–Trinajstić information content (AvgIpc) is 3.01. The lowest BCUT2D eigenvalue weighted by molar-refractivity contribution is -0.126. The van der Waals surface area contributed by atoms with Crippen LogP contribution in [-0.2, 0) is 16.0 Å². The number of hydrogen-bond acceptors (Lipinski definition) is 3. The van der Waals surface area contributed by atoms with Crippen LogP contribution in [0.1, 0.15) is 34.3 Å². The maximum Gasteiger partial charge on any atom is 0.335 e. The highest BCUT2D eigenvalue weighted by Crippen LogP contribution is 2.22. The number of rotatable bonds is 6. The summed E-state index contributed by atoms with van der Waals surface area (Å²) >= 11 is 0. The van der Waals surface area contributed by atoms with Crippen molar-refractivity contribution in [1.82, 2.24) is 5.32 Å². The lowest BCUT2D eigenvalue weighted by atomic mass is 10.0. The van der Waals surface area contributed by atoms with Gasteiger partial charge in [-0.2, -0.15) is 0 Å². The van der Waals surface area contributed by atoms with Gasteiger partial charge in [-0.3, -0.25) is 9.59 Å². The SMILES string of the molecule is Cc1ccc(N2CCC(NC(=O)CCc3ccccc3C(=O)O)C2=O)cc1. The largest absolute Gasteiger partial charge is 0.478 e. The minimum atomic E-state index is -1.01. The Kier molecular flexibility index (Phi) is 5.54. The molecule has 27 heavy (non-hydrogen) atoms. The van der Waals surface area contributed by atoms with E-state index < -0.39 is 12.0 Å². The van der Waals surface area contributed by atoms with Gasteiger partial charge in [0.2, 0.25) is 11.8 Å². The quantitative estimate of drug-likeness (QED) is 0.823. The summed E-state index contributed by atoms with van der Waals surface area (Å²) in [6.07, 6.45) is 1.01. The highest BCUT2D eigenvalue weighted by Gasteiger charge is 2.33. The molecule has 1 unspecified atom stereocenters. The van der Waals surface area contributed by atoms with E-state index >= 15 is 0 Å². The van der Waals surface area contributed by atoms with E-state index in [-0.39, 0.29) is 23.8 Å². The molecule has 2 aromatic carbocycles. The van der Waals surface area contributed by atoms with Crippen molar-refractivity contribution in [3.8, 4) is 0 Å². The standard InChI is InChI=1S/C21H22N2O4/c1-14-6-9-16(10-7-14)23-13-12-18(20(23)25)22-19(24)11-8-15-4-2-3-5-17(15)21(26)27/h2-7,9-10,18H,8,11-13H2,1H3,(H,22,24)(H,26,27). The number of aryl methyl sites for hydroxylation is 2. The molecule has 2 N–H and O–H groups in total. The van der Waals surface area contributed by atoms with E-state index in [2.05, 4.69) is 5.32 Å². The second kappa shape index (κ2) is 8.03. The molecule has 0 saturated carbocycles. The fourth-order valence-electron chi connectivity index (χ4n) is 3.26. The Balaban J connectivity index is 1.57. The monoisotopic (exact) mass is 366 g/mol. The van der Waals surface area contributed by atoms with Gasteiger partial charge in [0.05, 0.1) is 5.56 Å². The van der Waals surface area contributed by atoms with Crippen molar-refractivity contribution in [1.29, 1.82) is 0 Å². The van der Waals surface area contributed by atoms with Crippen LogP contribution in [0.25, 0.3) is 0 Å². The molecular weight excluding hydrogens is 344 g/mol. The van der Waals surface area contributed by atoms with E-state index in [4.69, 9.17) is 0 Å². The molecule has 3 rings (SSSR count). The lowest BCUT2D eigenvalue weighted by Crippen LogP contribution is -2.41. The zero-order valence-electron chi connectivity index (χ0n) is 15.1. The zero-order chi connectivity index (χ0) is 19.4. The summed E-state index contributed by atoms with van der Waals surface area (Å²) in [5.41, 5.74) is 2.77. The first kappa shape index (κ1) is 18.6. The fourth-order valence-corrected chi connectivity index (χ4v) is 3.26. The van der Waals surface area contributed by atoms with Crippen molar-refractivity contribution in [3.63, 3.8) is 0 Å². The molecule has 2 aromatic rings. The molecule has 0 aromatic heterocycles. The maximum atomic E-state index is 12.6. The van der Waals surface area contributed by atoms with Gasteiger partial charge in [-0.1, -0.05) is 35.9 Å². The van der Waals surface area contributed by atoms with Crippen LogP contribution >= 0.6 is 0 Å². The normalized spacial score (nSPS) is 16.4. The number of aromatic carboxylic acids is 1. The number of benzene rings is 2. The number of carboxylic acids is 1. The third-order valence-corrected chi connectivity index (χ3v) is 4.76. The van der Waals surface area contributed by atoms with E-state index in [1.165, 1.54) is 6.07 Å². The minimum Gasteiger partial charge on any atom is -0.478 e. The van der Waals surface area contributed by atoms with Gasteiger partial charge in [0, 0.05) is 18.7 Å². The summed E-state index contributed by atoms with van der Waals surface area (Å²) in [6.45, 7) is 2.55. The Hall–Kier alpha value is -3.15. The highest BCUT2D eigenvalue weighted by atomic mass is 16.4. The third kappa shape index (κ3) is 4.34. The second-order valence-corrected chi connectivity index (χ2v) is 6.70. The summed E-state index contributed by atoms with van der Waals surface area (Å²) in [4.78, 5) is 37.7. The summed E-state index contributed by atoms with van der Waals surface area (Å²) < 4.78 is 0. The molecule has 6 nitrogen and oxygen atoms in total. The molecule has 1 aliphatic heterocycles. The fraction of sp³-hybridized carbons (Fsp3) is 0.286. The molecule has 1 heterocycles. The number of hydrogen-bond donors (Lipinski definition) is 2. The summed E-state index contributed by atoms with van der Waals surface area (Å²) in [6, 6.07) is 13.8. The number of carbonyl (C=O) groups is 3. The molecule has 0 radical (unpaired) electrons. The Morgan fingerprint density at radius 3 is 2.56 bits per heavy atom. The smallest absolute Gasteiger partial charge is 0.335 e. The van der Waals surface area contributed by atoms with Gasteiger partial charge < -0.3 is 15.3 Å². The molecular formula is C21H22N2O4. The van der Waals surface area contributed by atoms with Crippen molar-refractivity contribution in [3.05, 3.63) is 65.2 Å². The van der Waals surface area contributed by atoms with Gasteiger partial charge in [0.25, 0.3) is 0 Å².